The minimum absolute atomic E-state index is 0.112. The third-order valence-electron chi connectivity index (χ3n) is 8.65. The predicted octanol–water partition coefficient (Wildman–Crippen LogP) is 9.09. The van der Waals surface area contributed by atoms with E-state index in [1.165, 1.54) is 0 Å². The van der Waals surface area contributed by atoms with E-state index in [1.54, 1.807) is 0 Å². The highest BCUT2D eigenvalue weighted by molar-refractivity contribution is 6.19. The van der Waals surface area contributed by atoms with Crippen molar-refractivity contribution in [1.82, 2.24) is 0 Å². The Bertz CT molecular complexity index is 950. The van der Waals surface area contributed by atoms with E-state index < -0.39 is 58.0 Å². The van der Waals surface area contributed by atoms with E-state index in [1.807, 2.05) is 83.1 Å². The summed E-state index contributed by atoms with van der Waals surface area (Å²) in [5.41, 5.74) is -4.04. The molecule has 0 aliphatic carbocycles. The molecule has 0 rings (SSSR count). The van der Waals surface area contributed by atoms with Crippen LogP contribution in [0.25, 0.3) is 0 Å². The second kappa shape index (κ2) is 25.2. The van der Waals surface area contributed by atoms with Crippen LogP contribution in [0.1, 0.15) is 122 Å². The van der Waals surface area contributed by atoms with E-state index in [2.05, 4.69) is 0 Å². The summed E-state index contributed by atoms with van der Waals surface area (Å²) in [6, 6.07) is 0. The van der Waals surface area contributed by atoms with Gasteiger partial charge in [-0.2, -0.15) is 0 Å². The molecule has 9 nitrogen and oxygen atoms in total. The van der Waals surface area contributed by atoms with Gasteiger partial charge in [0.15, 0.2) is 0 Å². The third-order valence-corrected chi connectivity index (χ3v) is 10.8. The molecule has 0 radical (unpaired) electrons. The second-order valence-corrected chi connectivity index (χ2v) is 20.1. The maximum Gasteiger partial charge on any atom is 0.105 e. The topological polar surface area (TPSA) is 116 Å². The van der Waals surface area contributed by atoms with Crippen molar-refractivity contribution < 1.29 is 43.7 Å². The summed E-state index contributed by atoms with van der Waals surface area (Å²) in [6.07, 6.45) is -1.19. The molecule has 0 aliphatic rings. The van der Waals surface area contributed by atoms with Crippen molar-refractivity contribution in [3.63, 3.8) is 0 Å². The van der Waals surface area contributed by atoms with Crippen LogP contribution in [-0.2, 0) is 28.4 Å². The fourth-order valence-electron chi connectivity index (χ4n) is 6.76. The Balaban J connectivity index is 6.07. The first kappa shape index (κ1) is 55.4. The molecule has 0 aromatic carbocycles. The van der Waals surface area contributed by atoms with Crippen LogP contribution in [0.2, 0.25) is 0 Å². The lowest BCUT2D eigenvalue weighted by molar-refractivity contribution is -0.190. The average Bonchev–Trinajstić information content (AvgIpc) is 3.03. The van der Waals surface area contributed by atoms with Crippen molar-refractivity contribution >= 4 is 69.6 Å². The van der Waals surface area contributed by atoms with Crippen LogP contribution in [0.3, 0.4) is 0 Å². The zero-order valence-electron chi connectivity index (χ0n) is 35.0. The van der Waals surface area contributed by atoms with E-state index in [4.69, 9.17) is 98.0 Å². The Morgan fingerprint density at radius 1 is 0.333 bits per heavy atom. The zero-order chi connectivity index (χ0) is 42.2. The molecule has 0 aromatic heterocycles. The lowest BCUT2D eigenvalue weighted by Gasteiger charge is -2.40. The maximum atomic E-state index is 10.2. The van der Waals surface area contributed by atoms with Gasteiger partial charge in [0.05, 0.1) is 83.4 Å². The summed E-state index contributed by atoms with van der Waals surface area (Å²) >= 11 is 36.7. The Kier molecular flexibility index (Phi) is 25.9. The molecule has 0 amide bonds. The molecule has 0 aromatic rings. The summed E-state index contributed by atoms with van der Waals surface area (Å²) < 4.78 is 38.9. The molecule has 0 fully saturated rings. The Labute approximate surface area is 357 Å². The molecule has 0 saturated heterocycles. The van der Waals surface area contributed by atoms with E-state index in [0.29, 0.717) is 38.5 Å². The smallest absolute Gasteiger partial charge is 0.105 e. The second-order valence-electron chi connectivity index (χ2n) is 18.3. The van der Waals surface area contributed by atoms with Gasteiger partial charge in [-0.05, 0) is 83.1 Å². The van der Waals surface area contributed by atoms with Crippen LogP contribution in [0, 0.1) is 0 Å². The molecular formula is C39H74Cl6O9. The van der Waals surface area contributed by atoms with E-state index >= 15 is 0 Å². The van der Waals surface area contributed by atoms with Crippen molar-refractivity contribution in [3.8, 4) is 0 Å². The van der Waals surface area contributed by atoms with Gasteiger partial charge in [-0.25, -0.2) is 0 Å². The number of halogens is 6. The van der Waals surface area contributed by atoms with Crippen LogP contribution < -0.4 is 0 Å². The van der Waals surface area contributed by atoms with Gasteiger partial charge >= 0.3 is 0 Å². The van der Waals surface area contributed by atoms with E-state index in [-0.39, 0.29) is 66.8 Å². The number of rotatable bonds is 32. The Morgan fingerprint density at radius 3 is 0.796 bits per heavy atom. The first-order chi connectivity index (χ1) is 24.6. The van der Waals surface area contributed by atoms with Gasteiger partial charge in [-0.1, -0.05) is 0 Å². The normalized spacial score (nSPS) is 17.9. The zero-order valence-corrected chi connectivity index (χ0v) is 39.5. The average molecular weight is 900 g/mol. The fraction of sp³-hybridized carbons (Fsp3) is 1.00. The van der Waals surface area contributed by atoms with Gasteiger partial charge < -0.3 is 43.7 Å². The standard InChI is InChI=1S/C39H74Cl6O9/c1-34(2,16-30(22-43)51-36(5,6)13-27(46)19-40)49-25-33(54-39(11,12)18-32(24-45)53-38(9,10)15-29(48)21-42)26-50-35(3,4)17-31(23-44)52-37(7,8)14-28(47)20-41/h27-33,46-48H,13-26H2,1-12H3. The molecule has 0 saturated carbocycles. The highest BCUT2D eigenvalue weighted by atomic mass is 35.5. The predicted molar refractivity (Wildman–Crippen MR) is 226 cm³/mol. The van der Waals surface area contributed by atoms with Crippen LogP contribution in [-0.4, -0.2) is 140 Å². The molecule has 326 valence electrons. The molecular weight excluding hydrogens is 825 g/mol. The maximum absolute atomic E-state index is 10.2. The molecule has 3 N–H and O–H groups in total. The molecule has 6 unspecified atom stereocenters. The van der Waals surface area contributed by atoms with Crippen LogP contribution >= 0.6 is 69.6 Å². The molecule has 54 heavy (non-hydrogen) atoms. The quantitative estimate of drug-likeness (QED) is 0.0569. The van der Waals surface area contributed by atoms with Crippen molar-refractivity contribution in [2.75, 3.05) is 48.5 Å². The lowest BCUT2D eigenvalue weighted by atomic mass is 9.97. The van der Waals surface area contributed by atoms with E-state index in [0.717, 1.165) is 0 Å². The minimum atomic E-state index is -0.726. The first-order valence-corrected chi connectivity index (χ1v) is 22.2. The molecule has 0 spiro atoms. The molecule has 0 bridgehead atoms. The SMILES string of the molecule is CC(C)(CC(CCl)OC(C)(C)CC(O)CCl)OCC(COC(C)(C)CC(CCl)OC(C)(C)CC(O)CCl)OC(C)(C)CC(CCl)OC(C)(C)CC(O)CCl. The van der Waals surface area contributed by atoms with Crippen molar-refractivity contribution in [3.05, 3.63) is 0 Å². The summed E-state index contributed by atoms with van der Waals surface area (Å²) in [7, 11) is 0. The fourth-order valence-corrected chi connectivity index (χ4v) is 7.61. The van der Waals surface area contributed by atoms with Gasteiger partial charge in [-0.15, -0.1) is 69.6 Å². The molecule has 0 heterocycles. The van der Waals surface area contributed by atoms with Crippen molar-refractivity contribution in [1.29, 1.82) is 0 Å². The van der Waals surface area contributed by atoms with Gasteiger partial charge in [0, 0.05) is 73.8 Å². The first-order valence-electron chi connectivity index (χ1n) is 19.0. The number of ether oxygens (including phenoxy) is 6. The minimum Gasteiger partial charge on any atom is -0.392 e. The third kappa shape index (κ3) is 25.8. The molecule has 15 heteroatoms. The molecule has 6 atom stereocenters. The van der Waals surface area contributed by atoms with Crippen molar-refractivity contribution in [2.24, 2.45) is 0 Å². The number of alkyl halides is 6. The van der Waals surface area contributed by atoms with Gasteiger partial charge in [-0.3, -0.25) is 0 Å². The van der Waals surface area contributed by atoms with Gasteiger partial charge in [0.2, 0.25) is 0 Å². The number of hydrogen-bond donors (Lipinski definition) is 3. The number of hydrogen-bond acceptors (Lipinski definition) is 9. The summed E-state index contributed by atoms with van der Waals surface area (Å²) in [5, 5.41) is 30.4. The van der Waals surface area contributed by atoms with Crippen LogP contribution in [0.15, 0.2) is 0 Å². The summed E-state index contributed by atoms with van der Waals surface area (Å²) in [5.74, 6) is 1.04. The Hall–Kier alpha value is 1.38. The van der Waals surface area contributed by atoms with Crippen LogP contribution in [0.5, 0.6) is 0 Å². The van der Waals surface area contributed by atoms with Crippen molar-refractivity contribution in [2.45, 2.75) is 198 Å². The van der Waals surface area contributed by atoms with Crippen LogP contribution in [0.4, 0.5) is 0 Å². The van der Waals surface area contributed by atoms with Gasteiger partial charge in [0.25, 0.3) is 0 Å². The highest BCUT2D eigenvalue weighted by Crippen LogP contribution is 2.31. The highest BCUT2D eigenvalue weighted by Gasteiger charge is 2.37. The Morgan fingerprint density at radius 2 is 0.556 bits per heavy atom. The van der Waals surface area contributed by atoms with E-state index in [9.17, 15) is 15.3 Å². The largest absolute Gasteiger partial charge is 0.392 e. The summed E-state index contributed by atoms with van der Waals surface area (Å²) in [4.78, 5) is 0. The molecule has 0 aliphatic heterocycles. The monoisotopic (exact) mass is 896 g/mol. The van der Waals surface area contributed by atoms with Gasteiger partial charge in [0.1, 0.15) is 6.10 Å². The summed E-state index contributed by atoms with van der Waals surface area (Å²) in [6.45, 7) is 23.7. The lowest BCUT2D eigenvalue weighted by Crippen LogP contribution is -2.45. The number of aliphatic hydroxyl groups is 3. The number of aliphatic hydroxyl groups excluding tert-OH is 3.